The normalized spacial score (nSPS) is 12.4. The van der Waals surface area contributed by atoms with E-state index in [2.05, 4.69) is 5.32 Å². The van der Waals surface area contributed by atoms with Crippen LogP contribution in [-0.2, 0) is 0 Å². The minimum absolute atomic E-state index is 0.0208. The van der Waals surface area contributed by atoms with E-state index in [9.17, 15) is 4.79 Å². The second-order valence-electron chi connectivity index (χ2n) is 5.51. The van der Waals surface area contributed by atoms with Crippen LogP contribution in [0.1, 0.15) is 33.5 Å². The molecule has 0 fully saturated rings. The largest absolute Gasteiger partial charge is 0.465 e. The molecule has 21 heavy (non-hydrogen) atoms. The molecule has 0 aliphatic rings. The summed E-state index contributed by atoms with van der Waals surface area (Å²) in [6, 6.07) is 11.5. The highest BCUT2D eigenvalue weighted by molar-refractivity contribution is 5.94. The third kappa shape index (κ3) is 3.95. The number of nitrogens with one attached hydrogen (secondary N) is 1. The lowest BCUT2D eigenvalue weighted by Gasteiger charge is -2.22. The number of rotatable bonds is 5. The van der Waals surface area contributed by atoms with Gasteiger partial charge in [0.1, 0.15) is 11.5 Å². The standard InChI is InChI=1S/C17H22N2O2/c1-12-6-5-7-14(10-12)17(20)18-11-15(19(3)4)16-9-8-13(2)21-16/h5-10,15H,11H2,1-4H3,(H,18,20)/t15-/m1/s1. The molecule has 2 rings (SSSR count). The highest BCUT2D eigenvalue weighted by Gasteiger charge is 2.19. The summed E-state index contributed by atoms with van der Waals surface area (Å²) in [6.45, 7) is 4.40. The van der Waals surface area contributed by atoms with Gasteiger partial charge in [0.25, 0.3) is 5.91 Å². The summed E-state index contributed by atoms with van der Waals surface area (Å²) in [7, 11) is 3.95. The van der Waals surface area contributed by atoms with Gasteiger partial charge in [-0.2, -0.15) is 0 Å². The van der Waals surface area contributed by atoms with E-state index >= 15 is 0 Å². The number of carbonyl (C=O) groups is 1. The SMILES string of the molecule is Cc1cccc(C(=O)NC[C@H](c2ccc(C)o2)N(C)C)c1. The third-order valence-electron chi connectivity index (χ3n) is 3.45. The summed E-state index contributed by atoms with van der Waals surface area (Å²) in [5.74, 6) is 1.68. The van der Waals surface area contributed by atoms with Gasteiger partial charge in [0.05, 0.1) is 6.04 Å². The quantitative estimate of drug-likeness (QED) is 0.919. The Hall–Kier alpha value is -2.07. The van der Waals surface area contributed by atoms with Gasteiger partial charge in [0.15, 0.2) is 0 Å². The molecule has 1 heterocycles. The molecule has 0 unspecified atom stereocenters. The number of nitrogens with zero attached hydrogens (tertiary/aromatic N) is 1. The monoisotopic (exact) mass is 286 g/mol. The van der Waals surface area contributed by atoms with Crippen LogP contribution in [0, 0.1) is 13.8 Å². The molecular weight excluding hydrogens is 264 g/mol. The zero-order valence-electron chi connectivity index (χ0n) is 13.0. The number of furan rings is 1. The topological polar surface area (TPSA) is 45.5 Å². The molecule has 0 bridgehead atoms. The van der Waals surface area contributed by atoms with E-state index in [1.54, 1.807) is 0 Å². The first-order chi connectivity index (χ1) is 9.97. The second kappa shape index (κ2) is 6.59. The maximum absolute atomic E-state index is 12.2. The van der Waals surface area contributed by atoms with Crippen LogP contribution in [0.15, 0.2) is 40.8 Å². The fraction of sp³-hybridized carbons (Fsp3) is 0.353. The minimum Gasteiger partial charge on any atom is -0.465 e. The molecule has 0 saturated carbocycles. The second-order valence-corrected chi connectivity index (χ2v) is 5.51. The summed E-state index contributed by atoms with van der Waals surface area (Å²) < 4.78 is 5.67. The Balaban J connectivity index is 2.04. The van der Waals surface area contributed by atoms with Crippen molar-refractivity contribution in [2.24, 2.45) is 0 Å². The highest BCUT2D eigenvalue weighted by Crippen LogP contribution is 2.20. The van der Waals surface area contributed by atoms with Crippen molar-refractivity contribution >= 4 is 5.91 Å². The molecule has 1 amide bonds. The van der Waals surface area contributed by atoms with E-state index < -0.39 is 0 Å². The van der Waals surface area contributed by atoms with E-state index in [-0.39, 0.29) is 11.9 Å². The molecule has 0 spiro atoms. The average molecular weight is 286 g/mol. The van der Waals surface area contributed by atoms with Gasteiger partial charge in [-0.15, -0.1) is 0 Å². The Morgan fingerprint density at radius 1 is 1.24 bits per heavy atom. The van der Waals surface area contributed by atoms with Gasteiger partial charge in [-0.05, 0) is 52.2 Å². The number of hydrogen-bond donors (Lipinski definition) is 1. The van der Waals surface area contributed by atoms with E-state index in [0.717, 1.165) is 17.1 Å². The number of hydrogen-bond acceptors (Lipinski definition) is 3. The molecule has 2 aromatic rings. The number of amides is 1. The maximum atomic E-state index is 12.2. The van der Waals surface area contributed by atoms with Gasteiger partial charge in [0, 0.05) is 12.1 Å². The lowest BCUT2D eigenvalue weighted by molar-refractivity contribution is 0.0939. The van der Waals surface area contributed by atoms with Gasteiger partial charge < -0.3 is 9.73 Å². The van der Waals surface area contributed by atoms with E-state index in [1.165, 1.54) is 0 Å². The zero-order chi connectivity index (χ0) is 15.4. The van der Waals surface area contributed by atoms with E-state index in [1.807, 2.05) is 69.2 Å². The molecule has 0 saturated heterocycles. The molecule has 112 valence electrons. The molecule has 1 atom stereocenters. The molecule has 0 aliphatic carbocycles. The van der Waals surface area contributed by atoms with Crippen molar-refractivity contribution in [1.82, 2.24) is 10.2 Å². The number of aryl methyl sites for hydroxylation is 2. The Kier molecular flexibility index (Phi) is 4.81. The summed E-state index contributed by atoms with van der Waals surface area (Å²) in [4.78, 5) is 14.2. The Morgan fingerprint density at radius 3 is 2.57 bits per heavy atom. The van der Waals surface area contributed by atoms with Crippen molar-refractivity contribution in [3.8, 4) is 0 Å². The van der Waals surface area contributed by atoms with E-state index in [0.29, 0.717) is 12.1 Å². The Morgan fingerprint density at radius 2 is 2.00 bits per heavy atom. The van der Waals surface area contributed by atoms with Crippen molar-refractivity contribution < 1.29 is 9.21 Å². The first kappa shape index (κ1) is 15.3. The highest BCUT2D eigenvalue weighted by atomic mass is 16.3. The summed E-state index contributed by atoms with van der Waals surface area (Å²) in [6.07, 6.45) is 0. The number of benzene rings is 1. The van der Waals surface area contributed by atoms with Gasteiger partial charge in [-0.25, -0.2) is 0 Å². The molecule has 1 aromatic heterocycles. The van der Waals surface area contributed by atoms with Crippen molar-refractivity contribution in [1.29, 1.82) is 0 Å². The Bertz CT molecular complexity index is 617. The van der Waals surface area contributed by atoms with Gasteiger partial charge in [0.2, 0.25) is 0 Å². The maximum Gasteiger partial charge on any atom is 0.251 e. The van der Waals surface area contributed by atoms with Crippen LogP contribution in [-0.4, -0.2) is 31.4 Å². The zero-order valence-corrected chi connectivity index (χ0v) is 13.0. The molecular formula is C17H22N2O2. The molecule has 0 radical (unpaired) electrons. The number of carbonyl (C=O) groups excluding carboxylic acids is 1. The lowest BCUT2D eigenvalue weighted by Crippen LogP contribution is -2.34. The fourth-order valence-electron chi connectivity index (χ4n) is 2.25. The molecule has 1 aromatic carbocycles. The first-order valence-corrected chi connectivity index (χ1v) is 7.05. The fourth-order valence-corrected chi connectivity index (χ4v) is 2.25. The van der Waals surface area contributed by atoms with Gasteiger partial charge >= 0.3 is 0 Å². The van der Waals surface area contributed by atoms with Crippen LogP contribution in [0.5, 0.6) is 0 Å². The van der Waals surface area contributed by atoms with Gasteiger partial charge in [-0.1, -0.05) is 17.7 Å². The lowest BCUT2D eigenvalue weighted by atomic mass is 10.1. The minimum atomic E-state index is -0.0613. The van der Waals surface area contributed by atoms with Crippen LogP contribution in [0.2, 0.25) is 0 Å². The van der Waals surface area contributed by atoms with Crippen molar-refractivity contribution in [3.63, 3.8) is 0 Å². The summed E-state index contributed by atoms with van der Waals surface area (Å²) in [5, 5.41) is 2.97. The predicted molar refractivity (Wildman–Crippen MR) is 83.4 cm³/mol. The summed E-state index contributed by atoms with van der Waals surface area (Å²) in [5.41, 5.74) is 1.76. The van der Waals surface area contributed by atoms with Crippen molar-refractivity contribution in [3.05, 3.63) is 59.0 Å². The molecule has 0 aliphatic heterocycles. The third-order valence-corrected chi connectivity index (χ3v) is 3.45. The Labute approximate surface area is 125 Å². The molecule has 1 N–H and O–H groups in total. The number of likely N-dealkylation sites (N-methyl/N-ethyl adjacent to an activating group) is 1. The van der Waals surface area contributed by atoms with Crippen LogP contribution < -0.4 is 5.32 Å². The van der Waals surface area contributed by atoms with Crippen molar-refractivity contribution in [2.75, 3.05) is 20.6 Å². The molecule has 4 heteroatoms. The first-order valence-electron chi connectivity index (χ1n) is 7.05. The van der Waals surface area contributed by atoms with Gasteiger partial charge in [-0.3, -0.25) is 9.69 Å². The van der Waals surface area contributed by atoms with Crippen molar-refractivity contribution in [2.45, 2.75) is 19.9 Å². The predicted octanol–water partition coefficient (Wildman–Crippen LogP) is 2.93. The van der Waals surface area contributed by atoms with Crippen LogP contribution in [0.3, 0.4) is 0 Å². The molecule has 4 nitrogen and oxygen atoms in total. The van der Waals surface area contributed by atoms with Crippen LogP contribution >= 0.6 is 0 Å². The van der Waals surface area contributed by atoms with Crippen LogP contribution in [0.4, 0.5) is 0 Å². The van der Waals surface area contributed by atoms with Crippen LogP contribution in [0.25, 0.3) is 0 Å². The summed E-state index contributed by atoms with van der Waals surface area (Å²) >= 11 is 0. The smallest absolute Gasteiger partial charge is 0.251 e. The van der Waals surface area contributed by atoms with E-state index in [4.69, 9.17) is 4.42 Å². The average Bonchev–Trinajstić information content (AvgIpc) is 2.85.